The summed E-state index contributed by atoms with van der Waals surface area (Å²) >= 11 is 0. The molecular weight excluding hydrogens is 378 g/mol. The van der Waals surface area contributed by atoms with Gasteiger partial charge in [0, 0.05) is 17.6 Å². The summed E-state index contributed by atoms with van der Waals surface area (Å²) in [5.41, 5.74) is 5.91. The van der Waals surface area contributed by atoms with Crippen molar-refractivity contribution < 1.29 is 9.52 Å². The number of fused-ring (bicyclic) bond motifs is 1. The van der Waals surface area contributed by atoms with Gasteiger partial charge in [0.1, 0.15) is 11.2 Å². The molecule has 4 rings (SSSR count). The number of benzene rings is 2. The quantitative estimate of drug-likeness (QED) is 0.447. The molecule has 0 unspecified atom stereocenters. The molecule has 0 bridgehead atoms. The second kappa shape index (κ2) is 8.16. The van der Waals surface area contributed by atoms with Crippen LogP contribution in [0.5, 0.6) is 0 Å². The summed E-state index contributed by atoms with van der Waals surface area (Å²) in [6.07, 6.45) is 3.00. The van der Waals surface area contributed by atoms with Crippen LogP contribution in [-0.2, 0) is 12.1 Å². The molecule has 2 aromatic carbocycles. The Labute approximate surface area is 174 Å². The largest absolute Gasteiger partial charge is 0.423 e. The molecule has 0 aliphatic carbocycles. The lowest BCUT2D eigenvalue weighted by Gasteiger charge is -2.22. The lowest BCUT2D eigenvalue weighted by atomic mass is 9.94. The lowest BCUT2D eigenvalue weighted by Crippen LogP contribution is -2.25. The molecule has 4 aromatic rings. The molecule has 2 heterocycles. The van der Waals surface area contributed by atoms with Crippen molar-refractivity contribution in [3.8, 4) is 11.1 Å². The van der Waals surface area contributed by atoms with E-state index in [1.54, 1.807) is 11.0 Å². The van der Waals surface area contributed by atoms with Gasteiger partial charge in [0.05, 0.1) is 12.2 Å². The Morgan fingerprint density at radius 2 is 1.83 bits per heavy atom. The van der Waals surface area contributed by atoms with E-state index < -0.39 is 5.60 Å². The zero-order valence-electron chi connectivity index (χ0n) is 17.1. The van der Waals surface area contributed by atoms with Crippen LogP contribution >= 0.6 is 0 Å². The second-order valence-electron chi connectivity index (χ2n) is 7.39. The van der Waals surface area contributed by atoms with Gasteiger partial charge < -0.3 is 14.9 Å². The van der Waals surface area contributed by atoms with Gasteiger partial charge in [0.2, 0.25) is 0 Å². The van der Waals surface area contributed by atoms with Gasteiger partial charge in [-0.15, -0.1) is 0 Å². The molecule has 6 nitrogen and oxygen atoms in total. The molecule has 154 valence electrons. The zero-order valence-corrected chi connectivity index (χ0v) is 17.1. The molecule has 0 aliphatic rings. The van der Waals surface area contributed by atoms with Crippen molar-refractivity contribution in [2.75, 3.05) is 5.43 Å². The highest BCUT2D eigenvalue weighted by atomic mass is 16.4. The number of hydrogen-bond acceptors (Lipinski definition) is 5. The van der Waals surface area contributed by atoms with Gasteiger partial charge in [-0.3, -0.25) is 0 Å². The first-order chi connectivity index (χ1) is 14.5. The highest BCUT2D eigenvalue weighted by Gasteiger charge is 2.27. The molecule has 6 heteroatoms. The molecule has 0 aliphatic heterocycles. The Bertz CT molecular complexity index is 1210. The fraction of sp³-hybridized carbons (Fsp3) is 0.250. The van der Waals surface area contributed by atoms with Gasteiger partial charge in [-0.2, -0.15) is 9.89 Å². The van der Waals surface area contributed by atoms with Crippen molar-refractivity contribution in [2.45, 2.75) is 38.8 Å². The maximum Gasteiger partial charge on any atom is 0.336 e. The number of aromatic nitrogens is 2. The molecule has 2 N–H and O–H groups in total. The number of hydrogen-bond donors (Lipinski definition) is 2. The third-order valence-electron chi connectivity index (χ3n) is 5.57. The van der Waals surface area contributed by atoms with Gasteiger partial charge in [-0.25, -0.2) is 4.79 Å². The van der Waals surface area contributed by atoms with Crippen LogP contribution < -0.4 is 11.1 Å². The summed E-state index contributed by atoms with van der Waals surface area (Å²) in [6.45, 7) is 4.39. The smallest absolute Gasteiger partial charge is 0.336 e. The van der Waals surface area contributed by atoms with Gasteiger partial charge in [-0.05, 0) is 41.7 Å². The van der Waals surface area contributed by atoms with Crippen LogP contribution in [0.25, 0.3) is 22.1 Å². The predicted octanol–water partition coefficient (Wildman–Crippen LogP) is 4.41. The summed E-state index contributed by atoms with van der Waals surface area (Å²) < 4.78 is 5.46. The Hall–Kier alpha value is -3.38. The summed E-state index contributed by atoms with van der Waals surface area (Å²) in [5, 5.41) is 16.0. The molecule has 0 radical (unpaired) electrons. The minimum absolute atomic E-state index is 0.374. The number of nitrogens with zero attached hydrogens (tertiary/aromatic N) is 2. The Kier molecular flexibility index (Phi) is 5.42. The maximum absolute atomic E-state index is 12.1. The maximum atomic E-state index is 12.1. The molecular formula is C24H25N3O3. The lowest BCUT2D eigenvalue weighted by molar-refractivity contribution is 0.0235. The number of rotatable bonds is 7. The van der Waals surface area contributed by atoms with E-state index in [9.17, 15) is 9.90 Å². The first-order valence-electron chi connectivity index (χ1n) is 10.2. The molecule has 0 atom stereocenters. The normalized spacial score (nSPS) is 11.7. The summed E-state index contributed by atoms with van der Waals surface area (Å²) in [6, 6.07) is 19.0. The SMILES string of the molecule is CCC(O)(CC)c1ccn(NCc2ccc3c(-c4ccccc4)cc(=O)oc3c2)n1. The minimum Gasteiger partial charge on any atom is -0.423 e. The Morgan fingerprint density at radius 3 is 2.57 bits per heavy atom. The van der Waals surface area contributed by atoms with E-state index in [0.29, 0.717) is 30.7 Å². The van der Waals surface area contributed by atoms with Crippen LogP contribution in [0.15, 0.2) is 76.1 Å². The zero-order chi connectivity index (χ0) is 21.1. The van der Waals surface area contributed by atoms with Gasteiger partial charge in [-0.1, -0.05) is 56.3 Å². The average Bonchev–Trinajstić information content (AvgIpc) is 3.26. The first-order valence-corrected chi connectivity index (χ1v) is 10.2. The topological polar surface area (TPSA) is 80.3 Å². The van der Waals surface area contributed by atoms with Crippen molar-refractivity contribution in [3.05, 3.63) is 88.5 Å². The molecule has 0 fully saturated rings. The average molecular weight is 403 g/mol. The second-order valence-corrected chi connectivity index (χ2v) is 7.39. The first kappa shape index (κ1) is 19.9. The van der Waals surface area contributed by atoms with Gasteiger partial charge in [0.15, 0.2) is 0 Å². The van der Waals surface area contributed by atoms with E-state index in [2.05, 4.69) is 10.5 Å². The third kappa shape index (κ3) is 3.86. The van der Waals surface area contributed by atoms with Crippen molar-refractivity contribution in [3.63, 3.8) is 0 Å². The number of aliphatic hydroxyl groups is 1. The molecule has 0 amide bonds. The third-order valence-corrected chi connectivity index (χ3v) is 5.57. The van der Waals surface area contributed by atoms with Crippen LogP contribution in [0.1, 0.15) is 37.9 Å². The van der Waals surface area contributed by atoms with Crippen molar-refractivity contribution >= 4 is 11.0 Å². The fourth-order valence-electron chi connectivity index (χ4n) is 3.62. The van der Waals surface area contributed by atoms with E-state index in [0.717, 1.165) is 22.1 Å². The van der Waals surface area contributed by atoms with Gasteiger partial charge in [0.25, 0.3) is 0 Å². The number of nitrogens with one attached hydrogen (secondary N) is 1. The molecule has 2 aromatic heterocycles. The fourth-order valence-corrected chi connectivity index (χ4v) is 3.62. The molecule has 0 saturated carbocycles. The van der Waals surface area contributed by atoms with E-state index in [1.165, 1.54) is 6.07 Å². The van der Waals surface area contributed by atoms with Crippen LogP contribution in [0.3, 0.4) is 0 Å². The van der Waals surface area contributed by atoms with Crippen molar-refractivity contribution in [1.29, 1.82) is 0 Å². The van der Waals surface area contributed by atoms with Gasteiger partial charge >= 0.3 is 5.63 Å². The summed E-state index contributed by atoms with van der Waals surface area (Å²) in [4.78, 5) is 13.7. The highest BCUT2D eigenvalue weighted by Crippen LogP contribution is 2.28. The Balaban J connectivity index is 1.58. The Morgan fingerprint density at radius 1 is 1.07 bits per heavy atom. The van der Waals surface area contributed by atoms with Crippen LogP contribution in [0.2, 0.25) is 0 Å². The predicted molar refractivity (Wildman–Crippen MR) is 118 cm³/mol. The standard InChI is InChI=1S/C24H25N3O3/c1-3-24(29,4-2)22-12-13-27(26-22)25-16-17-10-11-19-20(18-8-6-5-7-9-18)15-23(28)30-21(19)14-17/h5-15,25,29H,3-4,16H2,1-2H3. The van der Waals surface area contributed by atoms with E-state index in [-0.39, 0.29) is 5.63 Å². The van der Waals surface area contributed by atoms with E-state index >= 15 is 0 Å². The van der Waals surface area contributed by atoms with Crippen molar-refractivity contribution in [2.24, 2.45) is 0 Å². The van der Waals surface area contributed by atoms with Crippen LogP contribution in [-0.4, -0.2) is 15.0 Å². The summed E-state index contributed by atoms with van der Waals surface area (Å²) in [7, 11) is 0. The molecule has 0 saturated heterocycles. The molecule has 30 heavy (non-hydrogen) atoms. The van der Waals surface area contributed by atoms with Crippen LogP contribution in [0.4, 0.5) is 0 Å². The van der Waals surface area contributed by atoms with E-state index in [4.69, 9.17) is 4.42 Å². The monoisotopic (exact) mass is 403 g/mol. The van der Waals surface area contributed by atoms with Crippen molar-refractivity contribution in [1.82, 2.24) is 9.89 Å². The van der Waals surface area contributed by atoms with Crippen LogP contribution in [0, 0.1) is 0 Å². The molecule has 0 spiro atoms. The minimum atomic E-state index is -0.910. The highest BCUT2D eigenvalue weighted by molar-refractivity contribution is 5.93. The van der Waals surface area contributed by atoms with E-state index in [1.807, 2.05) is 68.4 Å². The summed E-state index contributed by atoms with van der Waals surface area (Å²) in [5.74, 6) is 0.